The standard InChI is InChI=1S/C21H32F4N4O.HI/c1-3-26-20(28-13-17-4-5-19(22)18(12-17)14-30-2)27-9-6-16-7-10-29(11-8-16)15-21(23,24)25;/h4-5,12,16H,3,6-11,13-15H2,1-2H3,(H2,26,27,28);1H. The van der Waals surface area contributed by atoms with Gasteiger partial charge in [-0.05, 0) is 62.9 Å². The Morgan fingerprint density at radius 1 is 1.23 bits per heavy atom. The minimum atomic E-state index is -4.12. The minimum Gasteiger partial charge on any atom is -0.380 e. The molecule has 0 saturated carbocycles. The second-order valence-corrected chi connectivity index (χ2v) is 7.60. The summed E-state index contributed by atoms with van der Waals surface area (Å²) < 4.78 is 56.2. The molecule has 0 spiro atoms. The van der Waals surface area contributed by atoms with Gasteiger partial charge in [0.05, 0.1) is 19.7 Å². The molecule has 1 aliphatic rings. The number of guanidine groups is 1. The number of aliphatic imine (C=N–C) groups is 1. The predicted octanol–water partition coefficient (Wildman–Crippen LogP) is 4.31. The highest BCUT2D eigenvalue weighted by Gasteiger charge is 2.32. The number of hydrogen-bond donors (Lipinski definition) is 2. The fraction of sp³-hybridized carbons (Fsp3) is 0.667. The molecule has 2 rings (SSSR count). The normalized spacial score (nSPS) is 16.1. The summed E-state index contributed by atoms with van der Waals surface area (Å²) in [6.45, 7) is 4.17. The van der Waals surface area contributed by atoms with Gasteiger partial charge in [0.15, 0.2) is 5.96 Å². The molecule has 10 heteroatoms. The lowest BCUT2D eigenvalue weighted by Gasteiger charge is -2.32. The molecule has 0 unspecified atom stereocenters. The number of hydrogen-bond acceptors (Lipinski definition) is 3. The van der Waals surface area contributed by atoms with Gasteiger partial charge in [0.2, 0.25) is 0 Å². The van der Waals surface area contributed by atoms with Crippen LogP contribution in [0.2, 0.25) is 0 Å². The third kappa shape index (κ3) is 10.8. The molecule has 0 bridgehead atoms. The molecule has 0 amide bonds. The maximum Gasteiger partial charge on any atom is 0.401 e. The SMILES string of the molecule is CCNC(=NCc1ccc(F)c(COC)c1)NCCC1CCN(CC(F)(F)F)CC1.I. The highest BCUT2D eigenvalue weighted by Crippen LogP contribution is 2.24. The zero-order valence-electron chi connectivity index (χ0n) is 18.1. The molecular formula is C21H33F4IN4O. The first-order valence-corrected chi connectivity index (χ1v) is 10.4. The Morgan fingerprint density at radius 3 is 2.55 bits per heavy atom. The predicted molar refractivity (Wildman–Crippen MR) is 125 cm³/mol. The quantitative estimate of drug-likeness (QED) is 0.205. The van der Waals surface area contributed by atoms with Crippen molar-refractivity contribution in [3.05, 3.63) is 35.1 Å². The molecule has 0 atom stereocenters. The maximum absolute atomic E-state index is 13.7. The van der Waals surface area contributed by atoms with E-state index >= 15 is 0 Å². The van der Waals surface area contributed by atoms with Crippen molar-refractivity contribution < 1.29 is 22.3 Å². The van der Waals surface area contributed by atoms with Gasteiger partial charge in [-0.2, -0.15) is 13.2 Å². The van der Waals surface area contributed by atoms with E-state index in [1.54, 1.807) is 12.1 Å². The van der Waals surface area contributed by atoms with E-state index in [9.17, 15) is 17.6 Å². The van der Waals surface area contributed by atoms with Crippen LogP contribution in [-0.2, 0) is 17.9 Å². The molecule has 1 fully saturated rings. The van der Waals surface area contributed by atoms with Gasteiger partial charge in [0.1, 0.15) is 5.82 Å². The maximum atomic E-state index is 13.7. The molecule has 1 aliphatic heterocycles. The van der Waals surface area contributed by atoms with Crippen LogP contribution in [0.4, 0.5) is 17.6 Å². The van der Waals surface area contributed by atoms with Crippen LogP contribution in [0.25, 0.3) is 0 Å². The monoisotopic (exact) mass is 560 g/mol. The van der Waals surface area contributed by atoms with Crippen LogP contribution in [0.5, 0.6) is 0 Å². The van der Waals surface area contributed by atoms with E-state index in [-0.39, 0.29) is 36.4 Å². The number of nitrogens with zero attached hydrogens (tertiary/aromatic N) is 2. The summed E-state index contributed by atoms with van der Waals surface area (Å²) in [5, 5.41) is 6.47. The molecule has 1 aromatic carbocycles. The molecule has 5 nitrogen and oxygen atoms in total. The Hall–Kier alpha value is -1.14. The molecule has 1 heterocycles. The number of likely N-dealkylation sites (tertiary alicyclic amines) is 1. The topological polar surface area (TPSA) is 48.9 Å². The number of nitrogens with one attached hydrogen (secondary N) is 2. The van der Waals surface area contributed by atoms with E-state index in [1.165, 1.54) is 18.1 Å². The van der Waals surface area contributed by atoms with Crippen molar-refractivity contribution in [3.63, 3.8) is 0 Å². The van der Waals surface area contributed by atoms with Crippen molar-refractivity contribution in [2.75, 3.05) is 39.8 Å². The van der Waals surface area contributed by atoms with Crippen LogP contribution in [0.3, 0.4) is 0 Å². The number of benzene rings is 1. The van der Waals surface area contributed by atoms with Gasteiger partial charge < -0.3 is 15.4 Å². The Kier molecular flexibility index (Phi) is 12.7. The van der Waals surface area contributed by atoms with E-state index in [2.05, 4.69) is 15.6 Å². The van der Waals surface area contributed by atoms with Gasteiger partial charge in [0.25, 0.3) is 0 Å². The molecular weight excluding hydrogens is 527 g/mol. The van der Waals surface area contributed by atoms with Gasteiger partial charge in [-0.25, -0.2) is 9.38 Å². The summed E-state index contributed by atoms with van der Waals surface area (Å²) >= 11 is 0. The third-order valence-corrected chi connectivity index (χ3v) is 5.13. The first-order chi connectivity index (χ1) is 14.3. The van der Waals surface area contributed by atoms with Gasteiger partial charge >= 0.3 is 6.18 Å². The third-order valence-electron chi connectivity index (χ3n) is 5.13. The van der Waals surface area contributed by atoms with Crippen molar-refractivity contribution in [1.29, 1.82) is 0 Å². The lowest BCUT2D eigenvalue weighted by Crippen LogP contribution is -2.41. The van der Waals surface area contributed by atoms with E-state index in [4.69, 9.17) is 4.74 Å². The number of rotatable bonds is 9. The number of ether oxygens (including phenoxy) is 1. The van der Waals surface area contributed by atoms with Crippen LogP contribution in [-0.4, -0.2) is 56.9 Å². The lowest BCUT2D eigenvalue weighted by atomic mass is 9.93. The van der Waals surface area contributed by atoms with E-state index in [0.29, 0.717) is 50.2 Å². The van der Waals surface area contributed by atoms with E-state index in [0.717, 1.165) is 24.8 Å². The Balaban J connectivity index is 0.00000480. The van der Waals surface area contributed by atoms with Crippen molar-refractivity contribution in [1.82, 2.24) is 15.5 Å². The number of halogens is 5. The van der Waals surface area contributed by atoms with Crippen LogP contribution in [0, 0.1) is 11.7 Å². The lowest BCUT2D eigenvalue weighted by molar-refractivity contribution is -0.148. The summed E-state index contributed by atoms with van der Waals surface area (Å²) in [5.41, 5.74) is 1.39. The smallest absolute Gasteiger partial charge is 0.380 e. The van der Waals surface area contributed by atoms with Crippen LogP contribution >= 0.6 is 24.0 Å². The average molecular weight is 560 g/mol. The van der Waals surface area contributed by atoms with Crippen molar-refractivity contribution in [2.24, 2.45) is 10.9 Å². The van der Waals surface area contributed by atoms with Crippen LogP contribution in [0.1, 0.15) is 37.3 Å². The number of methoxy groups -OCH3 is 1. The summed E-state index contributed by atoms with van der Waals surface area (Å²) in [5.74, 6) is 0.791. The van der Waals surface area contributed by atoms with E-state index in [1.807, 2.05) is 6.92 Å². The fourth-order valence-electron chi connectivity index (χ4n) is 3.59. The van der Waals surface area contributed by atoms with Crippen LogP contribution < -0.4 is 10.6 Å². The Bertz CT molecular complexity index is 680. The van der Waals surface area contributed by atoms with Gasteiger partial charge in [-0.1, -0.05) is 6.07 Å². The Morgan fingerprint density at radius 2 is 1.94 bits per heavy atom. The van der Waals surface area contributed by atoms with Crippen molar-refractivity contribution in [2.45, 2.75) is 45.5 Å². The van der Waals surface area contributed by atoms with Crippen molar-refractivity contribution in [3.8, 4) is 0 Å². The first kappa shape index (κ1) is 27.9. The van der Waals surface area contributed by atoms with Crippen LogP contribution in [0.15, 0.2) is 23.2 Å². The summed E-state index contributed by atoms with van der Waals surface area (Å²) in [6, 6.07) is 4.88. The van der Waals surface area contributed by atoms with Gasteiger partial charge in [-0.15, -0.1) is 24.0 Å². The summed E-state index contributed by atoms with van der Waals surface area (Å²) in [4.78, 5) is 6.03. The summed E-state index contributed by atoms with van der Waals surface area (Å²) in [6.07, 6.45) is -1.67. The number of alkyl halides is 3. The molecule has 0 aromatic heterocycles. The molecule has 0 radical (unpaired) electrons. The average Bonchev–Trinajstić information content (AvgIpc) is 2.68. The number of piperidine rings is 1. The summed E-state index contributed by atoms with van der Waals surface area (Å²) in [7, 11) is 1.53. The van der Waals surface area contributed by atoms with Crippen molar-refractivity contribution >= 4 is 29.9 Å². The highest BCUT2D eigenvalue weighted by molar-refractivity contribution is 14.0. The van der Waals surface area contributed by atoms with Gasteiger partial charge in [-0.3, -0.25) is 4.90 Å². The largest absolute Gasteiger partial charge is 0.401 e. The minimum absolute atomic E-state index is 0. The second-order valence-electron chi connectivity index (χ2n) is 7.60. The molecule has 2 N–H and O–H groups in total. The zero-order valence-corrected chi connectivity index (χ0v) is 20.4. The fourth-order valence-corrected chi connectivity index (χ4v) is 3.59. The molecule has 178 valence electrons. The van der Waals surface area contributed by atoms with E-state index < -0.39 is 12.7 Å². The van der Waals surface area contributed by atoms with Gasteiger partial charge in [0, 0.05) is 25.8 Å². The zero-order chi connectivity index (χ0) is 22.0. The second kappa shape index (κ2) is 14.1. The highest BCUT2D eigenvalue weighted by atomic mass is 127. The molecule has 1 aromatic rings. The molecule has 0 aliphatic carbocycles. The first-order valence-electron chi connectivity index (χ1n) is 10.4. The Labute approximate surface area is 199 Å². The molecule has 31 heavy (non-hydrogen) atoms. The molecule has 1 saturated heterocycles.